The molecule has 1 aromatic heterocycles. The molecule has 318 valence electrons. The van der Waals surface area contributed by atoms with Gasteiger partial charge in [0, 0.05) is 43.5 Å². The van der Waals surface area contributed by atoms with Crippen molar-refractivity contribution < 1.29 is 48.0 Å². The van der Waals surface area contributed by atoms with Crippen molar-refractivity contribution in [2.45, 2.75) is 148 Å². The van der Waals surface area contributed by atoms with Gasteiger partial charge in [-0.25, -0.2) is 15.2 Å². The van der Waals surface area contributed by atoms with Crippen LogP contribution in [-0.2, 0) is 44.6 Å². The van der Waals surface area contributed by atoms with Gasteiger partial charge in [-0.3, -0.25) is 19.1 Å². The second kappa shape index (κ2) is 18.1. The van der Waals surface area contributed by atoms with Gasteiger partial charge >= 0.3 is 12.1 Å². The third kappa shape index (κ3) is 9.15. The fourth-order valence-electron chi connectivity index (χ4n) is 9.00. The summed E-state index contributed by atoms with van der Waals surface area (Å²) < 4.78 is 32.9. The monoisotopic (exact) mass is 800 g/mol. The van der Waals surface area contributed by atoms with Gasteiger partial charge in [-0.15, -0.1) is 0 Å². The summed E-state index contributed by atoms with van der Waals surface area (Å²) in [6, 6.07) is 6.10. The highest BCUT2D eigenvalue weighted by atomic mass is 16.7. The predicted octanol–water partition coefficient (Wildman–Crippen LogP) is 3.43. The van der Waals surface area contributed by atoms with Crippen molar-refractivity contribution in [3.8, 4) is 0 Å². The first-order valence-electron chi connectivity index (χ1n) is 20.3. The number of aliphatic hydroxyl groups excluding tert-OH is 1. The third-order valence-corrected chi connectivity index (χ3v) is 12.3. The van der Waals surface area contributed by atoms with Crippen LogP contribution in [0, 0.1) is 17.8 Å². The highest BCUT2D eigenvalue weighted by molar-refractivity contribution is 6.00. The zero-order chi connectivity index (χ0) is 42.0. The van der Waals surface area contributed by atoms with Gasteiger partial charge in [0.05, 0.1) is 35.6 Å². The largest absolute Gasteiger partial charge is 0.457 e. The summed E-state index contributed by atoms with van der Waals surface area (Å²) in [6.07, 6.45) is -1.85. The Bertz CT molecular complexity index is 1740. The number of ketones is 1. The van der Waals surface area contributed by atoms with Crippen molar-refractivity contribution in [3.63, 3.8) is 0 Å². The number of Topliss-reactive ketones (excluding diaryl/α,β-unsaturated/α-hetero) is 1. The zero-order valence-corrected chi connectivity index (χ0v) is 35.4. The molecule has 16 nitrogen and oxygen atoms in total. The number of carbonyl (C=O) groups is 4. The van der Waals surface area contributed by atoms with Crippen molar-refractivity contribution in [1.82, 2.24) is 30.4 Å². The molecule has 1 unspecified atom stereocenters. The number of cyclic esters (lactones) is 1. The Morgan fingerprint density at radius 2 is 1.79 bits per heavy atom. The number of carbonyl (C=O) groups excluding carboxylic acids is 4. The van der Waals surface area contributed by atoms with E-state index < -0.39 is 83.5 Å². The van der Waals surface area contributed by atoms with Crippen molar-refractivity contribution in [2.24, 2.45) is 17.8 Å². The number of para-hydroxylation sites is 1. The topological polar surface area (TPSA) is 183 Å². The van der Waals surface area contributed by atoms with E-state index in [-0.39, 0.29) is 30.9 Å². The Kier molecular flexibility index (Phi) is 14.1. The maximum absolute atomic E-state index is 14.3. The molecule has 5 rings (SSSR count). The van der Waals surface area contributed by atoms with Gasteiger partial charge in [0.25, 0.3) is 0 Å². The van der Waals surface area contributed by atoms with Gasteiger partial charge in [-0.1, -0.05) is 39.0 Å². The number of aromatic nitrogens is 2. The highest BCUT2D eigenvalue weighted by Crippen LogP contribution is 2.39. The lowest BCUT2D eigenvalue weighted by Crippen LogP contribution is -2.63. The zero-order valence-electron chi connectivity index (χ0n) is 35.4. The van der Waals surface area contributed by atoms with Gasteiger partial charge in [0.1, 0.15) is 24.2 Å². The lowest BCUT2D eigenvalue weighted by atomic mass is 9.78. The predicted molar refractivity (Wildman–Crippen MR) is 210 cm³/mol. The molecule has 3 saturated heterocycles. The van der Waals surface area contributed by atoms with Crippen LogP contribution < -0.4 is 10.7 Å². The maximum atomic E-state index is 14.3. The van der Waals surface area contributed by atoms with Crippen LogP contribution in [0.4, 0.5) is 4.79 Å². The summed E-state index contributed by atoms with van der Waals surface area (Å²) in [5.74, 6) is -4.52. The summed E-state index contributed by atoms with van der Waals surface area (Å²) in [5.41, 5.74) is 1.52. The number of nitrogens with one attached hydrogen (secondary N) is 2. The Morgan fingerprint density at radius 3 is 2.46 bits per heavy atom. The van der Waals surface area contributed by atoms with Crippen molar-refractivity contribution in [2.75, 3.05) is 27.7 Å². The van der Waals surface area contributed by atoms with Gasteiger partial charge in [-0.2, -0.15) is 5.10 Å². The van der Waals surface area contributed by atoms with E-state index in [2.05, 4.69) is 15.8 Å². The number of amides is 2. The number of rotatable bonds is 10. The first kappa shape index (κ1) is 44.4. The highest BCUT2D eigenvalue weighted by Gasteiger charge is 2.59. The van der Waals surface area contributed by atoms with Crippen molar-refractivity contribution in [3.05, 3.63) is 30.5 Å². The number of hydrogen-bond acceptors (Lipinski definition) is 13. The Hall–Kier alpha value is -3.67. The van der Waals surface area contributed by atoms with Gasteiger partial charge in [-0.05, 0) is 80.5 Å². The fourth-order valence-corrected chi connectivity index (χ4v) is 9.00. The SMILES string of the molecule is CC[C@H]1OC(=O)[C@H](C)C(=O)[C@H](C)[C@@H](O[C@@H]2O[C@H](C)C[C@H](N(C)C)[C@H]2O)[C@@](C)(OC)C[C@@H](C)C(=O)NC(C)[C@H]2N(NCCCn3ncc4ccccc43)C(=O)O[C@]12C. The van der Waals surface area contributed by atoms with Crippen LogP contribution in [0.1, 0.15) is 81.1 Å². The number of likely N-dealkylation sites (N-methyl/N-ethyl adjacent to an activating group) is 1. The fraction of sp³-hybridized carbons (Fsp3) is 0.732. The van der Waals surface area contributed by atoms with Crippen LogP contribution >= 0.6 is 0 Å². The van der Waals surface area contributed by atoms with Crippen LogP contribution in [-0.4, -0.2) is 136 Å². The molecule has 0 aliphatic carbocycles. The summed E-state index contributed by atoms with van der Waals surface area (Å²) in [6.45, 7) is 14.8. The second-order valence-corrected chi connectivity index (χ2v) is 16.8. The molecular weight excluding hydrogens is 736 g/mol. The minimum Gasteiger partial charge on any atom is -0.457 e. The molecule has 3 aliphatic rings. The first-order chi connectivity index (χ1) is 26.9. The van der Waals surface area contributed by atoms with Crippen LogP contribution in [0.15, 0.2) is 30.5 Å². The van der Waals surface area contributed by atoms with Gasteiger partial charge in [0.2, 0.25) is 5.91 Å². The number of hydrogen-bond donors (Lipinski definition) is 3. The van der Waals surface area contributed by atoms with E-state index >= 15 is 0 Å². The Morgan fingerprint density at radius 1 is 1.09 bits per heavy atom. The summed E-state index contributed by atoms with van der Waals surface area (Å²) in [4.78, 5) is 58.1. The molecule has 2 aromatic rings. The molecule has 1 aromatic carbocycles. The van der Waals surface area contributed by atoms with E-state index in [1.165, 1.54) is 19.0 Å². The number of ether oxygens (including phenoxy) is 5. The Labute approximate surface area is 336 Å². The van der Waals surface area contributed by atoms with E-state index in [4.69, 9.17) is 23.7 Å². The molecule has 0 bridgehead atoms. The first-order valence-corrected chi connectivity index (χ1v) is 20.3. The average molecular weight is 801 g/mol. The quantitative estimate of drug-likeness (QED) is 0.181. The van der Waals surface area contributed by atoms with Gasteiger partial charge < -0.3 is 39.0 Å². The molecular formula is C41H64N6O10. The molecule has 13 atom stereocenters. The minimum atomic E-state index is -1.43. The van der Waals surface area contributed by atoms with Crippen LogP contribution in [0.2, 0.25) is 0 Å². The third-order valence-electron chi connectivity index (χ3n) is 12.3. The number of aryl methyl sites for hydroxylation is 1. The number of aliphatic hydroxyl groups is 1. The van der Waals surface area contributed by atoms with Crippen molar-refractivity contribution in [1.29, 1.82) is 0 Å². The number of fused-ring (bicyclic) bond motifs is 2. The molecule has 3 N–H and O–H groups in total. The lowest BCUT2D eigenvalue weighted by molar-refractivity contribution is -0.295. The molecule has 3 fully saturated rings. The Balaban J connectivity index is 1.44. The van der Waals surface area contributed by atoms with Crippen LogP contribution in [0.25, 0.3) is 10.9 Å². The molecule has 0 saturated carbocycles. The van der Waals surface area contributed by atoms with Crippen LogP contribution in [0.3, 0.4) is 0 Å². The number of nitrogens with zero attached hydrogens (tertiary/aromatic N) is 4. The number of hydrazine groups is 1. The number of methoxy groups -OCH3 is 1. The summed E-state index contributed by atoms with van der Waals surface area (Å²) in [5, 5.41) is 21.4. The van der Waals surface area contributed by atoms with E-state index in [1.807, 2.05) is 61.1 Å². The standard InChI is InChI=1S/C41H64N6O10/c1-12-31-41(8)34(47(39(52)57-41)42-18-15-19-46-29-17-14-13-16-28(29)22-43-46)27(6)44-36(50)23(2)21-40(7,53-11)35(25(4)32(48)26(5)37(51)55-31)56-38-33(49)30(45(9)10)20-24(3)54-38/h13-14,16-17,22-27,30-31,33-35,38,42,49H,12,15,18-21H2,1-11H3,(H,44,50)/t23-,24-,25+,26-,27?,30+,31-,33-,34-,35-,38+,40+,41-/m1/s1. The number of esters is 1. The van der Waals surface area contributed by atoms with E-state index in [9.17, 15) is 24.3 Å². The molecule has 57 heavy (non-hydrogen) atoms. The van der Waals surface area contributed by atoms with Gasteiger partial charge in [0.15, 0.2) is 17.7 Å². The lowest BCUT2D eigenvalue weighted by Gasteiger charge is -2.46. The molecule has 0 radical (unpaired) electrons. The molecule has 2 amide bonds. The molecule has 3 aliphatic heterocycles. The molecule has 0 spiro atoms. The van der Waals surface area contributed by atoms with E-state index in [1.54, 1.807) is 41.5 Å². The summed E-state index contributed by atoms with van der Waals surface area (Å²) in [7, 11) is 5.21. The average Bonchev–Trinajstić information content (AvgIpc) is 3.70. The summed E-state index contributed by atoms with van der Waals surface area (Å²) >= 11 is 0. The maximum Gasteiger partial charge on any atom is 0.425 e. The minimum absolute atomic E-state index is 0.0949. The normalized spacial score (nSPS) is 37.4. The van der Waals surface area contributed by atoms with E-state index in [0.29, 0.717) is 25.9 Å². The van der Waals surface area contributed by atoms with Crippen LogP contribution in [0.5, 0.6) is 0 Å². The smallest absolute Gasteiger partial charge is 0.425 e. The second-order valence-electron chi connectivity index (χ2n) is 16.8. The molecule has 4 heterocycles. The molecule has 16 heteroatoms. The van der Waals surface area contributed by atoms with Crippen molar-refractivity contribution >= 4 is 34.7 Å². The number of benzene rings is 1. The van der Waals surface area contributed by atoms with E-state index in [0.717, 1.165) is 10.9 Å².